The molecule has 0 radical (unpaired) electrons. The minimum atomic E-state index is -1.08. The van der Waals surface area contributed by atoms with E-state index in [4.69, 9.17) is 0 Å². The topological polar surface area (TPSA) is 12.0 Å². The van der Waals surface area contributed by atoms with Crippen molar-refractivity contribution in [1.29, 1.82) is 0 Å². The van der Waals surface area contributed by atoms with Crippen LogP contribution in [-0.2, 0) is 0 Å². The molecule has 0 bridgehead atoms. The third-order valence-electron chi connectivity index (χ3n) is 3.92. The van der Waals surface area contributed by atoms with Gasteiger partial charge in [0, 0.05) is 5.67 Å². The van der Waals surface area contributed by atoms with Gasteiger partial charge in [-0.3, -0.25) is 0 Å². The van der Waals surface area contributed by atoms with Gasteiger partial charge >= 0.3 is 0 Å². The van der Waals surface area contributed by atoms with Crippen molar-refractivity contribution in [3.63, 3.8) is 0 Å². The third-order valence-corrected chi connectivity index (χ3v) is 10.4. The van der Waals surface area contributed by atoms with Gasteiger partial charge in [0.25, 0.3) is 0 Å². The van der Waals surface area contributed by atoms with E-state index >= 15 is 0 Å². The highest BCUT2D eigenvalue weighted by Gasteiger charge is 2.39. The maximum absolute atomic E-state index is 3.98. The number of rotatable bonds is 3. The fourth-order valence-corrected chi connectivity index (χ4v) is 9.67. The minimum absolute atomic E-state index is 0.475. The van der Waals surface area contributed by atoms with Crippen molar-refractivity contribution in [2.45, 2.75) is 77.2 Å². The Bertz CT molecular complexity index is 231. The van der Waals surface area contributed by atoms with Crippen molar-refractivity contribution in [3.8, 4) is 0 Å². The molecule has 0 saturated carbocycles. The molecule has 1 aliphatic rings. The summed E-state index contributed by atoms with van der Waals surface area (Å²) in [6, 6.07) is 1.45. The predicted octanol–water partition coefficient (Wildman–Crippen LogP) is 3.43. The summed E-state index contributed by atoms with van der Waals surface area (Å²) in [7, 11) is -1.56. The summed E-state index contributed by atoms with van der Waals surface area (Å²) < 4.78 is 0. The van der Waals surface area contributed by atoms with E-state index in [1.165, 1.54) is 18.9 Å². The van der Waals surface area contributed by atoms with Crippen LogP contribution in [0.2, 0.25) is 32.2 Å². The van der Waals surface area contributed by atoms with Gasteiger partial charge < -0.3 is 5.32 Å². The summed E-state index contributed by atoms with van der Waals surface area (Å²) in [6.07, 6.45) is 2.90. The monoisotopic (exact) mass is 257 g/mol. The molecule has 1 aliphatic heterocycles. The molecule has 0 amide bonds. The van der Waals surface area contributed by atoms with Crippen molar-refractivity contribution in [3.05, 3.63) is 0 Å². The fraction of sp³-hybridized carbons (Fsp3) is 1.00. The Labute approximate surface area is 105 Å². The van der Waals surface area contributed by atoms with E-state index in [9.17, 15) is 0 Å². The summed E-state index contributed by atoms with van der Waals surface area (Å²) in [6.45, 7) is 17.3. The average Bonchev–Trinajstić information content (AvgIpc) is 2.46. The standard InChI is InChI=1S/C13H31NSi2/c1-13(2,3)10-16(6,7)12-9-8-11(14-12)15(4)5/h11-12,14-15H,8-10H2,1-7H3. The molecular weight excluding hydrogens is 226 g/mol. The highest BCUT2D eigenvalue weighted by Crippen LogP contribution is 2.33. The average molecular weight is 258 g/mol. The molecule has 2 unspecified atom stereocenters. The lowest BCUT2D eigenvalue weighted by Crippen LogP contribution is -2.52. The highest BCUT2D eigenvalue weighted by atomic mass is 28.3. The second-order valence-electron chi connectivity index (χ2n) is 7.87. The fourth-order valence-electron chi connectivity index (χ4n) is 3.40. The van der Waals surface area contributed by atoms with Crippen LogP contribution in [0.4, 0.5) is 0 Å². The van der Waals surface area contributed by atoms with E-state index in [1.54, 1.807) is 0 Å². The first-order valence-electron chi connectivity index (χ1n) is 6.88. The Hall–Kier alpha value is 0.394. The molecule has 16 heavy (non-hydrogen) atoms. The van der Waals surface area contributed by atoms with Gasteiger partial charge in [0.05, 0.1) is 16.9 Å². The van der Waals surface area contributed by atoms with E-state index < -0.39 is 16.9 Å². The lowest BCUT2D eigenvalue weighted by Gasteiger charge is -2.36. The normalized spacial score (nSPS) is 27.8. The van der Waals surface area contributed by atoms with Gasteiger partial charge in [0.15, 0.2) is 0 Å². The van der Waals surface area contributed by atoms with Crippen molar-refractivity contribution in [1.82, 2.24) is 5.32 Å². The Kier molecular flexibility index (Phi) is 4.47. The van der Waals surface area contributed by atoms with Crippen LogP contribution in [0.5, 0.6) is 0 Å². The summed E-state index contributed by atoms with van der Waals surface area (Å²) in [5, 5.41) is 3.98. The van der Waals surface area contributed by atoms with Crippen LogP contribution in [-0.4, -0.2) is 28.2 Å². The zero-order valence-electron chi connectivity index (χ0n) is 12.4. The van der Waals surface area contributed by atoms with Gasteiger partial charge in [0.2, 0.25) is 0 Å². The molecule has 96 valence electrons. The molecule has 0 aromatic heterocycles. The smallest absolute Gasteiger partial charge is 0.0670 e. The Morgan fingerprint density at radius 3 is 2.12 bits per heavy atom. The molecule has 1 nitrogen and oxygen atoms in total. The molecule has 1 rings (SSSR count). The Balaban J connectivity index is 2.58. The third kappa shape index (κ3) is 4.00. The van der Waals surface area contributed by atoms with Crippen molar-refractivity contribution in [2.24, 2.45) is 5.41 Å². The van der Waals surface area contributed by atoms with Gasteiger partial charge in [-0.05, 0) is 23.9 Å². The van der Waals surface area contributed by atoms with E-state index in [0.29, 0.717) is 5.41 Å². The van der Waals surface area contributed by atoms with Crippen LogP contribution in [0.1, 0.15) is 33.6 Å². The van der Waals surface area contributed by atoms with Gasteiger partial charge in [-0.2, -0.15) is 0 Å². The largest absolute Gasteiger partial charge is 0.317 e. The molecule has 0 aliphatic carbocycles. The van der Waals surface area contributed by atoms with Crippen molar-refractivity contribution in [2.75, 3.05) is 0 Å². The van der Waals surface area contributed by atoms with Crippen LogP contribution < -0.4 is 5.32 Å². The van der Waals surface area contributed by atoms with Crippen LogP contribution in [0.15, 0.2) is 0 Å². The molecule has 1 N–H and O–H groups in total. The molecular formula is C13H31NSi2. The molecule has 1 fully saturated rings. The minimum Gasteiger partial charge on any atom is -0.317 e. The summed E-state index contributed by atoms with van der Waals surface area (Å²) >= 11 is 0. The molecule has 0 spiro atoms. The zero-order valence-corrected chi connectivity index (χ0v) is 14.5. The van der Waals surface area contributed by atoms with Crippen LogP contribution in [0, 0.1) is 5.41 Å². The molecule has 3 heteroatoms. The molecule has 0 aromatic rings. The van der Waals surface area contributed by atoms with E-state index in [-0.39, 0.29) is 0 Å². The lowest BCUT2D eigenvalue weighted by atomic mass is 10.0. The molecule has 2 atom stereocenters. The molecule has 1 heterocycles. The molecule has 0 aromatic carbocycles. The van der Waals surface area contributed by atoms with Gasteiger partial charge in [-0.25, -0.2) is 0 Å². The van der Waals surface area contributed by atoms with Crippen molar-refractivity contribution >= 4 is 16.9 Å². The highest BCUT2D eigenvalue weighted by molar-refractivity contribution is 6.79. The first-order chi connectivity index (χ1) is 7.12. The first kappa shape index (κ1) is 14.5. The summed E-state index contributed by atoms with van der Waals surface area (Å²) in [4.78, 5) is 0. The number of nitrogens with one attached hydrogen (secondary N) is 1. The van der Waals surface area contributed by atoms with E-state index in [1.807, 2.05) is 0 Å². The molecule has 1 saturated heterocycles. The maximum Gasteiger partial charge on any atom is 0.0670 e. The van der Waals surface area contributed by atoms with Crippen molar-refractivity contribution < 1.29 is 0 Å². The maximum atomic E-state index is 3.98. The zero-order chi connectivity index (χ0) is 12.6. The van der Waals surface area contributed by atoms with Crippen LogP contribution in [0.3, 0.4) is 0 Å². The number of hydrogen-bond acceptors (Lipinski definition) is 1. The van der Waals surface area contributed by atoms with Gasteiger partial charge in [0.1, 0.15) is 0 Å². The quantitative estimate of drug-likeness (QED) is 0.764. The summed E-state index contributed by atoms with van der Waals surface area (Å²) in [5.74, 6) is 0. The SMILES string of the molecule is C[SiH](C)C1CCC([Si](C)(C)CC(C)(C)C)N1. The van der Waals surface area contributed by atoms with Gasteiger partial charge in [-0.1, -0.05) is 53.0 Å². The van der Waals surface area contributed by atoms with Crippen LogP contribution >= 0.6 is 0 Å². The van der Waals surface area contributed by atoms with Crippen LogP contribution in [0.25, 0.3) is 0 Å². The number of hydrogen-bond donors (Lipinski definition) is 1. The predicted molar refractivity (Wildman–Crippen MR) is 80.6 cm³/mol. The Morgan fingerprint density at radius 1 is 1.19 bits per heavy atom. The first-order valence-corrected chi connectivity index (χ1v) is 13.1. The lowest BCUT2D eigenvalue weighted by molar-refractivity contribution is 0.456. The second kappa shape index (κ2) is 4.95. The second-order valence-corrected chi connectivity index (χ2v) is 16.2. The summed E-state index contributed by atoms with van der Waals surface area (Å²) in [5.41, 5.74) is 2.30. The van der Waals surface area contributed by atoms with E-state index in [2.05, 4.69) is 52.3 Å². The Morgan fingerprint density at radius 2 is 1.75 bits per heavy atom. The van der Waals surface area contributed by atoms with E-state index in [0.717, 1.165) is 11.3 Å². The van der Waals surface area contributed by atoms with Gasteiger partial charge in [-0.15, -0.1) is 0 Å².